The molecule has 0 unspecified atom stereocenters. The summed E-state index contributed by atoms with van der Waals surface area (Å²) in [4.78, 5) is 10.0. The van der Waals surface area contributed by atoms with E-state index in [1.54, 1.807) is 20.9 Å². The van der Waals surface area contributed by atoms with Gasteiger partial charge in [-0.05, 0) is 27.0 Å². The summed E-state index contributed by atoms with van der Waals surface area (Å²) in [6.07, 6.45) is 0. The number of nitro benzene ring substituents is 1. The van der Waals surface area contributed by atoms with E-state index in [4.69, 9.17) is 0 Å². The molecule has 0 amide bonds. The summed E-state index contributed by atoms with van der Waals surface area (Å²) < 4.78 is 26.0. The molecule has 16 heavy (non-hydrogen) atoms. The Morgan fingerprint density at radius 1 is 1.31 bits per heavy atom. The Kier molecular flexibility index (Phi) is 3.23. The van der Waals surface area contributed by atoms with Crippen LogP contribution in [0.5, 0.6) is 0 Å². The molecule has 1 aromatic carbocycles. The van der Waals surface area contributed by atoms with E-state index in [0.717, 1.165) is 6.07 Å². The average Bonchev–Trinajstić information content (AvgIpc) is 2.21. The van der Waals surface area contributed by atoms with E-state index < -0.39 is 27.8 Å². The molecule has 1 rings (SSSR count). The van der Waals surface area contributed by atoms with Gasteiger partial charge in [0, 0.05) is 5.54 Å². The maximum atomic E-state index is 13.1. The molecule has 4 nitrogen and oxygen atoms in total. The largest absolute Gasteiger partial charge is 0.311 e. The number of nitrogens with zero attached hydrogens (tertiary/aromatic N) is 1. The maximum Gasteiger partial charge on any atom is 0.277 e. The second kappa shape index (κ2) is 4.13. The first-order chi connectivity index (χ1) is 7.29. The molecule has 0 spiro atoms. The Balaban J connectivity index is 3.48. The van der Waals surface area contributed by atoms with Crippen LogP contribution in [0.25, 0.3) is 0 Å². The fourth-order valence-corrected chi connectivity index (χ4v) is 1.32. The molecule has 0 aliphatic heterocycles. The number of halogens is 2. The highest BCUT2D eigenvalue weighted by Crippen LogP contribution is 2.31. The third-order valence-electron chi connectivity index (χ3n) is 2.53. The zero-order valence-corrected chi connectivity index (χ0v) is 9.17. The highest BCUT2D eigenvalue weighted by Gasteiger charge is 2.29. The number of benzene rings is 1. The maximum absolute atomic E-state index is 13.1. The van der Waals surface area contributed by atoms with Gasteiger partial charge in [0.15, 0.2) is 11.6 Å². The van der Waals surface area contributed by atoms with Crippen molar-refractivity contribution in [3.8, 4) is 0 Å². The molecule has 0 heterocycles. The second-order valence-corrected chi connectivity index (χ2v) is 3.92. The molecule has 0 bridgehead atoms. The van der Waals surface area contributed by atoms with Gasteiger partial charge in [-0.3, -0.25) is 10.1 Å². The lowest BCUT2D eigenvalue weighted by Crippen LogP contribution is -2.34. The Morgan fingerprint density at radius 3 is 2.25 bits per heavy atom. The van der Waals surface area contributed by atoms with Crippen LogP contribution in [0.2, 0.25) is 0 Å². The van der Waals surface area contributed by atoms with Gasteiger partial charge >= 0.3 is 0 Å². The molecule has 1 aromatic rings. The van der Waals surface area contributed by atoms with E-state index >= 15 is 0 Å². The molecule has 0 saturated heterocycles. The number of hydrogen-bond acceptors (Lipinski definition) is 3. The first-order valence-corrected chi connectivity index (χ1v) is 4.62. The molecule has 0 fully saturated rings. The predicted molar refractivity (Wildman–Crippen MR) is 55.1 cm³/mol. The first-order valence-electron chi connectivity index (χ1n) is 4.62. The van der Waals surface area contributed by atoms with Crippen molar-refractivity contribution in [2.75, 3.05) is 7.05 Å². The van der Waals surface area contributed by atoms with E-state index in [2.05, 4.69) is 5.32 Å². The molecule has 0 aliphatic carbocycles. The summed E-state index contributed by atoms with van der Waals surface area (Å²) in [6.45, 7) is 3.29. The van der Waals surface area contributed by atoms with Gasteiger partial charge in [0.25, 0.3) is 5.69 Å². The molecule has 0 saturated carbocycles. The van der Waals surface area contributed by atoms with E-state index in [1.165, 1.54) is 0 Å². The third kappa shape index (κ3) is 2.16. The second-order valence-electron chi connectivity index (χ2n) is 3.92. The predicted octanol–water partition coefficient (Wildman–Crippen LogP) is 2.33. The molecule has 0 atom stereocenters. The molecule has 1 N–H and O–H groups in total. The monoisotopic (exact) mass is 230 g/mol. The number of nitro groups is 1. The summed E-state index contributed by atoms with van der Waals surface area (Å²) in [6, 6.07) is 1.45. The summed E-state index contributed by atoms with van der Waals surface area (Å²) in [5, 5.41) is 13.5. The highest BCUT2D eigenvalue weighted by atomic mass is 19.2. The van der Waals surface area contributed by atoms with Gasteiger partial charge in [0.2, 0.25) is 0 Å². The first kappa shape index (κ1) is 12.5. The van der Waals surface area contributed by atoms with Crippen molar-refractivity contribution >= 4 is 5.69 Å². The van der Waals surface area contributed by atoms with Crippen LogP contribution in [0.3, 0.4) is 0 Å². The van der Waals surface area contributed by atoms with E-state index in [1.807, 2.05) is 0 Å². The lowest BCUT2D eigenvalue weighted by atomic mass is 9.92. The minimum absolute atomic E-state index is 0.110. The molecular weight excluding hydrogens is 218 g/mol. The van der Waals surface area contributed by atoms with Crippen LogP contribution in [-0.2, 0) is 5.54 Å². The fraction of sp³-hybridized carbons (Fsp3) is 0.400. The quantitative estimate of drug-likeness (QED) is 0.640. The summed E-state index contributed by atoms with van der Waals surface area (Å²) in [5.74, 6) is -2.31. The van der Waals surface area contributed by atoms with Gasteiger partial charge in [0.1, 0.15) is 0 Å². The molecule has 0 aromatic heterocycles. The topological polar surface area (TPSA) is 55.2 Å². The number of rotatable bonds is 3. The van der Waals surface area contributed by atoms with Crippen LogP contribution in [0, 0.1) is 21.7 Å². The van der Waals surface area contributed by atoms with Gasteiger partial charge in [-0.1, -0.05) is 0 Å². The van der Waals surface area contributed by atoms with Crippen LogP contribution in [0.15, 0.2) is 12.1 Å². The molecular formula is C10H12F2N2O2. The van der Waals surface area contributed by atoms with Crippen molar-refractivity contribution < 1.29 is 13.7 Å². The van der Waals surface area contributed by atoms with Crippen molar-refractivity contribution in [3.63, 3.8) is 0 Å². The fourth-order valence-electron chi connectivity index (χ4n) is 1.32. The van der Waals surface area contributed by atoms with Crippen molar-refractivity contribution in [3.05, 3.63) is 39.4 Å². The zero-order valence-electron chi connectivity index (χ0n) is 9.17. The third-order valence-corrected chi connectivity index (χ3v) is 2.53. The van der Waals surface area contributed by atoms with Gasteiger partial charge in [0.05, 0.1) is 16.6 Å². The molecule has 88 valence electrons. The van der Waals surface area contributed by atoms with Crippen LogP contribution in [0.4, 0.5) is 14.5 Å². The average molecular weight is 230 g/mol. The summed E-state index contributed by atoms with van der Waals surface area (Å²) in [7, 11) is 1.59. The van der Waals surface area contributed by atoms with Gasteiger partial charge < -0.3 is 5.32 Å². The van der Waals surface area contributed by atoms with Gasteiger partial charge in [-0.25, -0.2) is 8.78 Å². The van der Waals surface area contributed by atoms with E-state index in [9.17, 15) is 18.9 Å². The van der Waals surface area contributed by atoms with Gasteiger partial charge in [-0.15, -0.1) is 0 Å². The Hall–Kier alpha value is -1.56. The molecule has 6 heteroatoms. The van der Waals surface area contributed by atoms with Crippen LogP contribution in [0.1, 0.15) is 19.4 Å². The van der Waals surface area contributed by atoms with Crippen LogP contribution >= 0.6 is 0 Å². The zero-order chi connectivity index (χ0) is 12.5. The van der Waals surface area contributed by atoms with Crippen molar-refractivity contribution in [1.29, 1.82) is 0 Å². The molecule has 0 radical (unpaired) electrons. The Bertz CT molecular complexity index is 433. The number of hydrogen-bond donors (Lipinski definition) is 1. The smallest absolute Gasteiger partial charge is 0.277 e. The highest BCUT2D eigenvalue weighted by molar-refractivity contribution is 5.45. The van der Waals surface area contributed by atoms with Crippen molar-refractivity contribution in [2.45, 2.75) is 19.4 Å². The van der Waals surface area contributed by atoms with Gasteiger partial charge in [-0.2, -0.15) is 0 Å². The molecule has 0 aliphatic rings. The SMILES string of the molecule is CNC(C)(C)c1cc(F)c(F)cc1[N+](=O)[O-]. The Labute approximate surface area is 91.4 Å². The Morgan fingerprint density at radius 2 is 1.81 bits per heavy atom. The lowest BCUT2D eigenvalue weighted by Gasteiger charge is -2.24. The van der Waals surface area contributed by atoms with E-state index in [-0.39, 0.29) is 5.56 Å². The minimum atomic E-state index is -1.22. The van der Waals surface area contributed by atoms with Crippen molar-refractivity contribution in [2.24, 2.45) is 0 Å². The van der Waals surface area contributed by atoms with Crippen LogP contribution in [-0.4, -0.2) is 12.0 Å². The normalized spacial score (nSPS) is 11.6. The minimum Gasteiger partial charge on any atom is -0.311 e. The van der Waals surface area contributed by atoms with Crippen LogP contribution < -0.4 is 5.32 Å². The lowest BCUT2D eigenvalue weighted by molar-refractivity contribution is -0.386. The summed E-state index contributed by atoms with van der Waals surface area (Å²) in [5.41, 5.74) is -1.13. The number of nitrogens with one attached hydrogen (secondary N) is 1. The summed E-state index contributed by atoms with van der Waals surface area (Å²) >= 11 is 0. The van der Waals surface area contributed by atoms with Crippen molar-refractivity contribution in [1.82, 2.24) is 5.32 Å². The standard InChI is InChI=1S/C10H12F2N2O2/c1-10(2,13-3)6-4-7(11)8(12)5-9(6)14(15)16/h4-5,13H,1-3H3. The van der Waals surface area contributed by atoms with E-state index in [0.29, 0.717) is 6.07 Å².